The Morgan fingerprint density at radius 2 is 1.62 bits per heavy atom. The molecule has 1 aliphatic heterocycles. The maximum Gasteiger partial charge on any atom is 0.412 e. The molecule has 0 radical (unpaired) electrons. The van der Waals surface area contributed by atoms with E-state index in [-0.39, 0.29) is 17.9 Å². The van der Waals surface area contributed by atoms with Gasteiger partial charge >= 0.3 is 6.18 Å². The van der Waals surface area contributed by atoms with Gasteiger partial charge in [0, 0.05) is 11.6 Å². The van der Waals surface area contributed by atoms with Crippen molar-refractivity contribution in [1.82, 2.24) is 4.90 Å². The first-order chi connectivity index (χ1) is 11.4. The molecule has 2 unspecified atom stereocenters. The quantitative estimate of drug-likeness (QED) is 0.748. The van der Waals surface area contributed by atoms with Crippen LogP contribution in [-0.2, 0) is 0 Å². The topological polar surface area (TPSA) is 21.7 Å². The highest BCUT2D eigenvalue weighted by molar-refractivity contribution is 5.39. The van der Waals surface area contributed by atoms with Gasteiger partial charge in [-0.1, -0.05) is 18.2 Å². The SMILES string of the molecule is CN1CCC2C=C(C(F)(F)F)CCC21.COc1ccccc1OC. The van der Waals surface area contributed by atoms with Gasteiger partial charge in [-0.3, -0.25) is 0 Å². The molecule has 6 heteroatoms. The minimum absolute atomic E-state index is 0.130. The average Bonchev–Trinajstić information content (AvgIpc) is 2.95. The number of hydrogen-bond donors (Lipinski definition) is 0. The highest BCUT2D eigenvalue weighted by atomic mass is 19.4. The van der Waals surface area contributed by atoms with Crippen LogP contribution in [0.3, 0.4) is 0 Å². The first kappa shape index (κ1) is 18.6. The van der Waals surface area contributed by atoms with E-state index in [9.17, 15) is 13.2 Å². The monoisotopic (exact) mass is 343 g/mol. The van der Waals surface area contributed by atoms with Gasteiger partial charge in [-0.25, -0.2) is 0 Å². The Morgan fingerprint density at radius 1 is 1.04 bits per heavy atom. The van der Waals surface area contributed by atoms with Crippen LogP contribution in [0, 0.1) is 5.92 Å². The van der Waals surface area contributed by atoms with Crippen LogP contribution in [0.5, 0.6) is 11.5 Å². The summed E-state index contributed by atoms with van der Waals surface area (Å²) >= 11 is 0. The molecule has 1 fully saturated rings. The fourth-order valence-corrected chi connectivity index (χ4v) is 3.34. The standard InChI is InChI=1S/C10H14F3N.C8H10O2/c1-14-5-4-7-6-8(10(11,12)13)2-3-9(7)14;1-9-7-5-3-4-6-8(7)10-2/h6-7,9H,2-5H2,1H3;3-6H,1-2H3. The van der Waals surface area contributed by atoms with E-state index >= 15 is 0 Å². The van der Waals surface area contributed by atoms with Gasteiger partial charge in [0.15, 0.2) is 11.5 Å². The number of methoxy groups -OCH3 is 2. The van der Waals surface area contributed by atoms with Gasteiger partial charge < -0.3 is 14.4 Å². The van der Waals surface area contributed by atoms with Crippen LogP contribution in [-0.4, -0.2) is 44.9 Å². The minimum atomic E-state index is -4.11. The summed E-state index contributed by atoms with van der Waals surface area (Å²) in [6.45, 7) is 0.928. The maximum absolute atomic E-state index is 12.4. The van der Waals surface area contributed by atoms with Crippen LogP contribution in [0.15, 0.2) is 35.9 Å². The van der Waals surface area contributed by atoms with Gasteiger partial charge in [0.2, 0.25) is 0 Å². The zero-order chi connectivity index (χ0) is 17.7. The van der Waals surface area contributed by atoms with Crippen LogP contribution in [0.4, 0.5) is 13.2 Å². The lowest BCUT2D eigenvalue weighted by Crippen LogP contribution is -2.32. The van der Waals surface area contributed by atoms with E-state index in [0.717, 1.165) is 24.5 Å². The number of likely N-dealkylation sites (tertiary alicyclic amines) is 1. The average molecular weight is 343 g/mol. The molecule has 134 valence electrons. The fraction of sp³-hybridized carbons (Fsp3) is 0.556. The highest BCUT2D eigenvalue weighted by Crippen LogP contribution is 2.39. The van der Waals surface area contributed by atoms with Crippen molar-refractivity contribution in [2.24, 2.45) is 5.92 Å². The largest absolute Gasteiger partial charge is 0.493 e. The molecular formula is C18H24F3NO2. The Bertz CT molecular complexity index is 549. The molecule has 1 heterocycles. The number of benzene rings is 1. The van der Waals surface area contributed by atoms with E-state index < -0.39 is 6.18 Å². The first-order valence-electron chi connectivity index (χ1n) is 8.02. The molecule has 1 saturated heterocycles. The van der Waals surface area contributed by atoms with Crippen molar-refractivity contribution in [2.45, 2.75) is 31.5 Å². The molecule has 0 saturated carbocycles. The molecule has 24 heavy (non-hydrogen) atoms. The van der Waals surface area contributed by atoms with Crippen LogP contribution in [0.2, 0.25) is 0 Å². The number of hydrogen-bond acceptors (Lipinski definition) is 3. The number of para-hydroxylation sites is 2. The van der Waals surface area contributed by atoms with Gasteiger partial charge in [0.25, 0.3) is 0 Å². The number of fused-ring (bicyclic) bond motifs is 1. The third kappa shape index (κ3) is 4.44. The van der Waals surface area contributed by atoms with Crippen molar-refractivity contribution in [3.8, 4) is 11.5 Å². The van der Waals surface area contributed by atoms with E-state index in [1.165, 1.54) is 6.08 Å². The van der Waals surface area contributed by atoms with Crippen molar-refractivity contribution in [2.75, 3.05) is 27.8 Å². The van der Waals surface area contributed by atoms with Crippen molar-refractivity contribution in [3.63, 3.8) is 0 Å². The van der Waals surface area contributed by atoms with Gasteiger partial charge in [0.05, 0.1) is 14.2 Å². The van der Waals surface area contributed by atoms with Crippen molar-refractivity contribution < 1.29 is 22.6 Å². The molecule has 0 N–H and O–H groups in total. The predicted octanol–water partition coefficient (Wildman–Crippen LogP) is 4.29. The molecule has 0 aromatic heterocycles. The van der Waals surface area contributed by atoms with Crippen LogP contribution in [0.25, 0.3) is 0 Å². The zero-order valence-electron chi connectivity index (χ0n) is 14.3. The van der Waals surface area contributed by atoms with Crippen molar-refractivity contribution in [3.05, 3.63) is 35.9 Å². The van der Waals surface area contributed by atoms with Crippen molar-refractivity contribution >= 4 is 0 Å². The summed E-state index contributed by atoms with van der Waals surface area (Å²) in [6.07, 6.45) is -0.925. The third-order valence-corrected chi connectivity index (χ3v) is 4.65. The molecule has 0 bridgehead atoms. The summed E-state index contributed by atoms with van der Waals surface area (Å²) in [5.41, 5.74) is -0.311. The summed E-state index contributed by atoms with van der Waals surface area (Å²) in [4.78, 5) is 2.17. The zero-order valence-corrected chi connectivity index (χ0v) is 14.3. The second-order valence-electron chi connectivity index (χ2n) is 6.08. The first-order valence-corrected chi connectivity index (χ1v) is 8.02. The van der Waals surface area contributed by atoms with Crippen molar-refractivity contribution in [1.29, 1.82) is 0 Å². The molecule has 1 aromatic carbocycles. The van der Waals surface area contributed by atoms with Crippen LogP contribution >= 0.6 is 0 Å². The normalized spacial score (nSPS) is 23.7. The maximum atomic E-state index is 12.4. The predicted molar refractivity (Wildman–Crippen MR) is 87.4 cm³/mol. The Hall–Kier alpha value is -1.69. The van der Waals surface area contributed by atoms with E-state index in [1.807, 2.05) is 31.3 Å². The molecule has 2 aliphatic rings. The Balaban J connectivity index is 0.000000185. The lowest BCUT2D eigenvalue weighted by atomic mass is 9.86. The van der Waals surface area contributed by atoms with E-state index in [4.69, 9.17) is 9.47 Å². The van der Waals surface area contributed by atoms with Gasteiger partial charge in [-0.05, 0) is 50.9 Å². The lowest BCUT2D eigenvalue weighted by molar-refractivity contribution is -0.0961. The molecule has 1 aliphatic carbocycles. The molecule has 2 atom stereocenters. The van der Waals surface area contributed by atoms with E-state index in [2.05, 4.69) is 4.90 Å². The molecule has 3 nitrogen and oxygen atoms in total. The number of halogens is 3. The second kappa shape index (κ2) is 7.92. The number of rotatable bonds is 2. The Morgan fingerprint density at radius 3 is 2.12 bits per heavy atom. The summed E-state index contributed by atoms with van der Waals surface area (Å²) in [5.74, 6) is 1.67. The molecule has 0 spiro atoms. The summed E-state index contributed by atoms with van der Waals surface area (Å²) in [7, 11) is 5.24. The highest BCUT2D eigenvalue weighted by Gasteiger charge is 2.40. The van der Waals surface area contributed by atoms with E-state index in [1.54, 1.807) is 14.2 Å². The third-order valence-electron chi connectivity index (χ3n) is 4.65. The Labute approximate surface area is 141 Å². The molecule has 1 aromatic rings. The minimum Gasteiger partial charge on any atom is -0.493 e. The molecule has 0 amide bonds. The summed E-state index contributed by atoms with van der Waals surface area (Å²) < 4.78 is 47.3. The van der Waals surface area contributed by atoms with Crippen LogP contribution in [0.1, 0.15) is 19.3 Å². The number of alkyl halides is 3. The van der Waals surface area contributed by atoms with Gasteiger partial charge in [-0.15, -0.1) is 0 Å². The molecular weight excluding hydrogens is 319 g/mol. The van der Waals surface area contributed by atoms with Gasteiger partial charge in [0.1, 0.15) is 0 Å². The van der Waals surface area contributed by atoms with Gasteiger partial charge in [-0.2, -0.15) is 13.2 Å². The number of nitrogens with zero attached hydrogens (tertiary/aromatic N) is 1. The van der Waals surface area contributed by atoms with Crippen LogP contribution < -0.4 is 9.47 Å². The molecule has 3 rings (SSSR count). The van der Waals surface area contributed by atoms with E-state index in [0.29, 0.717) is 12.5 Å². The fourth-order valence-electron chi connectivity index (χ4n) is 3.34. The summed E-state index contributed by atoms with van der Waals surface area (Å²) in [5, 5.41) is 0. The number of allylic oxidation sites excluding steroid dienone is 1. The lowest BCUT2D eigenvalue weighted by Gasteiger charge is -2.29. The Kier molecular flexibility index (Phi) is 6.15. The smallest absolute Gasteiger partial charge is 0.412 e. The summed E-state index contributed by atoms with van der Waals surface area (Å²) in [6, 6.07) is 7.88. The second-order valence-corrected chi connectivity index (χ2v) is 6.08. The number of ether oxygens (including phenoxy) is 2.